The average molecular weight is 214 g/mol. The highest BCUT2D eigenvalue weighted by atomic mass is 16.5. The number of ether oxygens (including phenoxy) is 1. The van der Waals surface area contributed by atoms with Gasteiger partial charge in [0.25, 0.3) is 0 Å². The summed E-state index contributed by atoms with van der Waals surface area (Å²) in [5, 5.41) is 0. The molecule has 0 unspecified atom stereocenters. The normalized spacial score (nSPS) is 8.88. The van der Waals surface area contributed by atoms with Crippen molar-refractivity contribution in [1.82, 2.24) is 0 Å². The van der Waals surface area contributed by atoms with Gasteiger partial charge in [-0.05, 0) is 24.3 Å². The molecule has 0 N–H and O–H groups in total. The topological polar surface area (TPSA) is 9.23 Å². The molecule has 0 aliphatic carbocycles. The Labute approximate surface area is 97.7 Å². The van der Waals surface area contributed by atoms with Crippen molar-refractivity contribution in [2.24, 2.45) is 0 Å². The van der Waals surface area contributed by atoms with Gasteiger partial charge in [-0.25, -0.2) is 0 Å². The van der Waals surface area contributed by atoms with E-state index in [9.17, 15) is 0 Å². The van der Waals surface area contributed by atoms with Crippen LogP contribution in [0.1, 0.15) is 20.3 Å². The molecule has 0 spiro atoms. The second-order valence-electron chi connectivity index (χ2n) is 3.44. The standard InChI is InChI=1S/C12H10O.C3H8/c1-3-7-11(8-4-1)13-12-9-5-2-6-10-12;1-3-2/h1-10H;3H2,1-2H3. The molecule has 0 heterocycles. The second kappa shape index (κ2) is 7.52. The van der Waals surface area contributed by atoms with Crippen molar-refractivity contribution in [3.8, 4) is 11.5 Å². The van der Waals surface area contributed by atoms with Crippen LogP contribution in [-0.4, -0.2) is 0 Å². The van der Waals surface area contributed by atoms with E-state index < -0.39 is 0 Å². The molecule has 16 heavy (non-hydrogen) atoms. The summed E-state index contributed by atoms with van der Waals surface area (Å²) in [6.07, 6.45) is 1.25. The van der Waals surface area contributed by atoms with Crippen LogP contribution in [0.25, 0.3) is 0 Å². The zero-order chi connectivity index (χ0) is 11.6. The summed E-state index contributed by atoms with van der Waals surface area (Å²) < 4.78 is 5.58. The van der Waals surface area contributed by atoms with Crippen LogP contribution < -0.4 is 4.74 Å². The highest BCUT2D eigenvalue weighted by molar-refractivity contribution is 5.30. The van der Waals surface area contributed by atoms with Gasteiger partial charge >= 0.3 is 0 Å². The molecule has 0 radical (unpaired) electrons. The second-order valence-corrected chi connectivity index (χ2v) is 3.44. The van der Waals surface area contributed by atoms with Crippen LogP contribution >= 0.6 is 0 Å². The van der Waals surface area contributed by atoms with Crippen molar-refractivity contribution in [3.63, 3.8) is 0 Å². The van der Waals surface area contributed by atoms with Gasteiger partial charge in [-0.2, -0.15) is 0 Å². The Morgan fingerprint density at radius 3 is 1.31 bits per heavy atom. The highest BCUT2D eigenvalue weighted by Gasteiger charge is 1.92. The van der Waals surface area contributed by atoms with Crippen LogP contribution in [0.2, 0.25) is 0 Å². The Balaban J connectivity index is 0.000000386. The van der Waals surface area contributed by atoms with Crippen molar-refractivity contribution in [2.45, 2.75) is 20.3 Å². The molecule has 0 fully saturated rings. The van der Waals surface area contributed by atoms with E-state index in [4.69, 9.17) is 4.74 Å². The van der Waals surface area contributed by atoms with E-state index in [1.54, 1.807) is 0 Å². The van der Waals surface area contributed by atoms with E-state index in [1.165, 1.54) is 6.42 Å². The van der Waals surface area contributed by atoms with Crippen molar-refractivity contribution >= 4 is 0 Å². The van der Waals surface area contributed by atoms with E-state index in [0.717, 1.165) is 11.5 Å². The fourth-order valence-electron chi connectivity index (χ4n) is 1.11. The molecule has 0 atom stereocenters. The maximum absolute atomic E-state index is 5.58. The number of rotatable bonds is 2. The van der Waals surface area contributed by atoms with Crippen molar-refractivity contribution in [3.05, 3.63) is 60.7 Å². The Morgan fingerprint density at radius 1 is 0.688 bits per heavy atom. The Bertz CT molecular complexity index is 330. The first kappa shape index (κ1) is 12.3. The van der Waals surface area contributed by atoms with E-state index in [-0.39, 0.29) is 0 Å². The number of hydrogen-bond acceptors (Lipinski definition) is 1. The van der Waals surface area contributed by atoms with Crippen molar-refractivity contribution < 1.29 is 4.74 Å². The predicted octanol–water partition coefficient (Wildman–Crippen LogP) is 4.90. The maximum Gasteiger partial charge on any atom is 0.127 e. The highest BCUT2D eigenvalue weighted by Crippen LogP contribution is 2.19. The lowest BCUT2D eigenvalue weighted by Gasteiger charge is -2.03. The van der Waals surface area contributed by atoms with Crippen molar-refractivity contribution in [1.29, 1.82) is 0 Å². The van der Waals surface area contributed by atoms with E-state index in [1.807, 2.05) is 60.7 Å². The molecule has 0 bridgehead atoms. The smallest absolute Gasteiger partial charge is 0.127 e. The molecule has 1 heteroatoms. The van der Waals surface area contributed by atoms with Gasteiger partial charge in [-0.3, -0.25) is 0 Å². The third kappa shape index (κ3) is 4.65. The molecule has 84 valence electrons. The SMILES string of the molecule is CCC.c1ccc(Oc2ccccc2)cc1. The van der Waals surface area contributed by atoms with Crippen LogP contribution in [0.4, 0.5) is 0 Å². The Morgan fingerprint density at radius 2 is 1.00 bits per heavy atom. The molecule has 1 nitrogen and oxygen atoms in total. The lowest BCUT2D eigenvalue weighted by molar-refractivity contribution is 0.482. The summed E-state index contributed by atoms with van der Waals surface area (Å²) in [4.78, 5) is 0. The van der Waals surface area contributed by atoms with E-state index in [2.05, 4.69) is 13.8 Å². The van der Waals surface area contributed by atoms with Crippen LogP contribution in [-0.2, 0) is 0 Å². The fraction of sp³-hybridized carbons (Fsp3) is 0.200. The summed E-state index contributed by atoms with van der Waals surface area (Å²) in [5.41, 5.74) is 0. The van der Waals surface area contributed by atoms with Gasteiger partial charge in [-0.15, -0.1) is 0 Å². The molecule has 2 aromatic carbocycles. The Hall–Kier alpha value is -1.76. The summed E-state index contributed by atoms with van der Waals surface area (Å²) in [6.45, 7) is 4.25. The molecule has 0 saturated heterocycles. The fourth-order valence-corrected chi connectivity index (χ4v) is 1.11. The van der Waals surface area contributed by atoms with Gasteiger partial charge in [0.1, 0.15) is 11.5 Å². The minimum Gasteiger partial charge on any atom is -0.457 e. The van der Waals surface area contributed by atoms with Crippen LogP contribution in [0.3, 0.4) is 0 Å². The quantitative estimate of drug-likeness (QED) is 0.691. The largest absolute Gasteiger partial charge is 0.457 e. The van der Waals surface area contributed by atoms with E-state index in [0.29, 0.717) is 0 Å². The summed E-state index contributed by atoms with van der Waals surface area (Å²) in [5.74, 6) is 1.74. The van der Waals surface area contributed by atoms with E-state index >= 15 is 0 Å². The molecular weight excluding hydrogens is 196 g/mol. The Kier molecular flexibility index (Phi) is 5.79. The summed E-state index contributed by atoms with van der Waals surface area (Å²) in [7, 11) is 0. The minimum atomic E-state index is 0.869. The predicted molar refractivity (Wildman–Crippen MR) is 68.9 cm³/mol. The molecule has 0 aliphatic heterocycles. The maximum atomic E-state index is 5.58. The lowest BCUT2D eigenvalue weighted by Crippen LogP contribution is -1.81. The van der Waals surface area contributed by atoms with Crippen LogP contribution in [0, 0.1) is 0 Å². The van der Waals surface area contributed by atoms with Crippen molar-refractivity contribution in [2.75, 3.05) is 0 Å². The minimum absolute atomic E-state index is 0.869. The third-order valence-electron chi connectivity index (χ3n) is 1.72. The first-order chi connectivity index (χ1) is 7.86. The molecule has 0 amide bonds. The van der Waals surface area contributed by atoms with Gasteiger partial charge in [0.05, 0.1) is 0 Å². The number of benzene rings is 2. The number of para-hydroxylation sites is 2. The van der Waals surface area contributed by atoms with Gasteiger partial charge in [-0.1, -0.05) is 56.7 Å². The molecule has 2 rings (SSSR count). The lowest BCUT2D eigenvalue weighted by atomic mass is 10.3. The summed E-state index contributed by atoms with van der Waals surface area (Å²) >= 11 is 0. The molecular formula is C15H18O. The zero-order valence-corrected chi connectivity index (χ0v) is 9.89. The third-order valence-corrected chi connectivity index (χ3v) is 1.72. The average Bonchev–Trinajstić information content (AvgIpc) is 2.33. The van der Waals surface area contributed by atoms with Gasteiger partial charge < -0.3 is 4.74 Å². The molecule has 0 saturated carbocycles. The van der Waals surface area contributed by atoms with Gasteiger partial charge in [0, 0.05) is 0 Å². The van der Waals surface area contributed by atoms with Crippen LogP contribution in [0.15, 0.2) is 60.7 Å². The number of hydrogen-bond donors (Lipinski definition) is 0. The van der Waals surface area contributed by atoms with Gasteiger partial charge in [0.15, 0.2) is 0 Å². The zero-order valence-electron chi connectivity index (χ0n) is 9.89. The molecule has 0 aliphatic rings. The summed E-state index contributed by atoms with van der Waals surface area (Å²) in [6, 6.07) is 19.5. The van der Waals surface area contributed by atoms with Gasteiger partial charge in [0.2, 0.25) is 0 Å². The van der Waals surface area contributed by atoms with Crippen LogP contribution in [0.5, 0.6) is 11.5 Å². The molecule has 2 aromatic rings. The first-order valence-corrected chi connectivity index (χ1v) is 5.64. The molecule has 0 aromatic heterocycles. The monoisotopic (exact) mass is 214 g/mol. The first-order valence-electron chi connectivity index (χ1n) is 5.64.